The van der Waals surface area contributed by atoms with Crippen molar-refractivity contribution in [2.75, 3.05) is 7.11 Å². The van der Waals surface area contributed by atoms with Gasteiger partial charge in [-0.05, 0) is 18.1 Å². The lowest BCUT2D eigenvalue weighted by Crippen LogP contribution is -2.31. The first kappa shape index (κ1) is 15.5. The van der Waals surface area contributed by atoms with Crippen molar-refractivity contribution in [3.8, 4) is 0 Å². The first-order valence-corrected chi connectivity index (χ1v) is 6.45. The molecule has 0 aliphatic heterocycles. The molecule has 0 N–H and O–H groups in total. The second kappa shape index (κ2) is 8.51. The predicted molar refractivity (Wildman–Crippen MR) is 78.8 cm³/mol. The molecule has 3 nitrogen and oxygen atoms in total. The van der Waals surface area contributed by atoms with E-state index >= 15 is 0 Å². The van der Waals surface area contributed by atoms with Crippen LogP contribution >= 0.6 is 11.9 Å². The Kier molecular flexibility index (Phi) is 6.93. The second-order valence-electron chi connectivity index (χ2n) is 4.02. The van der Waals surface area contributed by atoms with Gasteiger partial charge in [0.05, 0.1) is 25.5 Å². The van der Waals surface area contributed by atoms with E-state index < -0.39 is 0 Å². The van der Waals surface area contributed by atoms with E-state index in [1.54, 1.807) is 0 Å². The molecule has 1 heterocycles. The predicted octanol–water partition coefficient (Wildman–Crippen LogP) is 3.27. The van der Waals surface area contributed by atoms with E-state index in [0.717, 1.165) is 13.1 Å². The van der Waals surface area contributed by atoms with E-state index in [-0.39, 0.29) is 0 Å². The molecule has 0 atom stereocenters. The number of aryl methyl sites for hydroxylation is 1. The lowest BCUT2D eigenvalue weighted by Gasteiger charge is -1.98. The van der Waals surface area contributed by atoms with Crippen LogP contribution < -0.4 is 4.57 Å². The minimum atomic E-state index is 0.921. The van der Waals surface area contributed by atoms with Gasteiger partial charge < -0.3 is 0 Å². The van der Waals surface area contributed by atoms with E-state index in [9.17, 15) is 0 Å². The average Bonchev–Trinajstić information content (AvgIpc) is 2.88. The summed E-state index contributed by atoms with van der Waals surface area (Å²) in [5.41, 5.74) is 2.48. The Morgan fingerprint density at radius 2 is 2.00 bits per heavy atom. The molecule has 0 fully saturated rings. The zero-order valence-corrected chi connectivity index (χ0v) is 12.2. The molecule has 1 aromatic heterocycles. The van der Waals surface area contributed by atoms with Crippen molar-refractivity contribution in [1.29, 1.82) is 0 Å². The molecule has 2 aromatic rings. The summed E-state index contributed by atoms with van der Waals surface area (Å²) in [4.78, 5) is 0. The van der Waals surface area contributed by atoms with E-state index in [4.69, 9.17) is 0 Å². The molecule has 2 rings (SSSR count). The molecule has 0 unspecified atom stereocenters. The van der Waals surface area contributed by atoms with Crippen molar-refractivity contribution in [1.82, 2.24) is 4.57 Å². The van der Waals surface area contributed by atoms with Crippen LogP contribution in [0.3, 0.4) is 0 Å². The topological polar surface area (TPSA) is 18.0 Å². The van der Waals surface area contributed by atoms with E-state index in [2.05, 4.69) is 81.8 Å². The van der Waals surface area contributed by atoms with Gasteiger partial charge in [-0.3, -0.25) is 4.29 Å². The number of aromatic nitrogens is 2. The van der Waals surface area contributed by atoms with E-state index in [0.29, 0.717) is 0 Å². The van der Waals surface area contributed by atoms with Crippen molar-refractivity contribution in [3.05, 3.63) is 60.7 Å². The highest BCUT2D eigenvalue weighted by Crippen LogP contribution is 2.04. The van der Waals surface area contributed by atoms with Gasteiger partial charge in [-0.15, -0.1) is 0 Å². The standard InChI is InChI=1S/C14H17N2.CH3ClO/c1-3-13-5-7-14(8-6-13)11-16-10-9-15(4-2)12-16;1-3-2/h3,5-10,12H,1,4,11H2,2H3;1H3/q+1;. The smallest absolute Gasteiger partial charge is 0.244 e. The normalized spacial score (nSPS) is 9.63. The Bertz CT molecular complexity index is 491. The maximum atomic E-state index is 4.50. The fourth-order valence-electron chi connectivity index (χ4n) is 1.69. The number of nitrogens with zero attached hydrogens (tertiary/aromatic N) is 2. The number of benzene rings is 1. The highest BCUT2D eigenvalue weighted by Gasteiger charge is 2.02. The van der Waals surface area contributed by atoms with Gasteiger partial charge in [0.2, 0.25) is 6.33 Å². The van der Waals surface area contributed by atoms with Crippen molar-refractivity contribution in [2.24, 2.45) is 0 Å². The second-order valence-corrected chi connectivity index (χ2v) is 4.33. The van der Waals surface area contributed by atoms with Crippen molar-refractivity contribution in [2.45, 2.75) is 20.0 Å². The fourth-order valence-corrected chi connectivity index (χ4v) is 1.69. The van der Waals surface area contributed by atoms with Crippen LogP contribution in [0.15, 0.2) is 49.6 Å². The molecule has 19 heavy (non-hydrogen) atoms. The molecule has 0 spiro atoms. The quantitative estimate of drug-likeness (QED) is 0.786. The number of halogens is 1. The molecule has 0 aliphatic rings. The van der Waals surface area contributed by atoms with Crippen LogP contribution in [-0.4, -0.2) is 11.7 Å². The zero-order valence-electron chi connectivity index (χ0n) is 11.4. The van der Waals surface area contributed by atoms with Gasteiger partial charge in [-0.2, -0.15) is 0 Å². The van der Waals surface area contributed by atoms with Crippen LogP contribution in [0.2, 0.25) is 0 Å². The van der Waals surface area contributed by atoms with Crippen molar-refractivity contribution in [3.63, 3.8) is 0 Å². The van der Waals surface area contributed by atoms with Crippen LogP contribution in [-0.2, 0) is 17.4 Å². The van der Waals surface area contributed by atoms with Gasteiger partial charge in [-0.25, -0.2) is 9.13 Å². The maximum absolute atomic E-state index is 4.50. The summed E-state index contributed by atoms with van der Waals surface area (Å²) in [6.07, 6.45) is 8.19. The van der Waals surface area contributed by atoms with Crippen molar-refractivity contribution < 1.29 is 8.86 Å². The van der Waals surface area contributed by atoms with Gasteiger partial charge in [-0.1, -0.05) is 36.9 Å². The number of hydrogen-bond donors (Lipinski definition) is 0. The summed E-state index contributed by atoms with van der Waals surface area (Å²) >= 11 is 4.50. The number of imidazole rings is 1. The van der Waals surface area contributed by atoms with Gasteiger partial charge in [0.25, 0.3) is 0 Å². The van der Waals surface area contributed by atoms with Gasteiger partial charge >= 0.3 is 0 Å². The lowest BCUT2D eigenvalue weighted by molar-refractivity contribution is -0.687. The van der Waals surface area contributed by atoms with Crippen LogP contribution in [0.1, 0.15) is 18.1 Å². The van der Waals surface area contributed by atoms with Crippen LogP contribution in [0.25, 0.3) is 6.08 Å². The third-order valence-corrected chi connectivity index (χ3v) is 2.69. The summed E-state index contributed by atoms with van der Waals surface area (Å²) in [5, 5.41) is 0. The molecule has 4 heteroatoms. The summed E-state index contributed by atoms with van der Waals surface area (Å²) in [6, 6.07) is 8.49. The molecule has 102 valence electrons. The highest BCUT2D eigenvalue weighted by atomic mass is 35.5. The van der Waals surface area contributed by atoms with Gasteiger partial charge in [0.15, 0.2) is 0 Å². The summed E-state index contributed by atoms with van der Waals surface area (Å²) in [7, 11) is 1.39. The molecule has 0 bridgehead atoms. The van der Waals surface area contributed by atoms with Gasteiger partial charge in [0.1, 0.15) is 18.9 Å². The monoisotopic (exact) mass is 279 g/mol. The molecule has 0 saturated carbocycles. The Morgan fingerprint density at radius 3 is 2.47 bits per heavy atom. The highest BCUT2D eigenvalue weighted by molar-refractivity contribution is 6.07. The molecule has 1 aromatic carbocycles. The summed E-state index contributed by atoms with van der Waals surface area (Å²) in [6.45, 7) is 7.83. The van der Waals surface area contributed by atoms with E-state index in [1.807, 2.05) is 6.08 Å². The minimum absolute atomic E-state index is 0.921. The number of hydrogen-bond acceptors (Lipinski definition) is 1. The van der Waals surface area contributed by atoms with Crippen LogP contribution in [0, 0.1) is 0 Å². The third-order valence-electron chi connectivity index (χ3n) is 2.69. The zero-order chi connectivity index (χ0) is 14.1. The summed E-state index contributed by atoms with van der Waals surface area (Å²) in [5.74, 6) is 0. The molecule has 0 aliphatic carbocycles. The Balaban J connectivity index is 0.000000550. The molecule has 0 saturated heterocycles. The minimum Gasteiger partial charge on any atom is -0.283 e. The largest absolute Gasteiger partial charge is 0.283 e. The van der Waals surface area contributed by atoms with Crippen LogP contribution in [0.4, 0.5) is 0 Å². The average molecular weight is 280 g/mol. The molecule has 0 radical (unpaired) electrons. The Morgan fingerprint density at radius 1 is 1.37 bits per heavy atom. The van der Waals surface area contributed by atoms with Crippen molar-refractivity contribution >= 4 is 17.9 Å². The molecular formula is C15H20ClN2O+. The lowest BCUT2D eigenvalue weighted by atomic mass is 10.1. The Hall–Kier alpha value is -1.58. The van der Waals surface area contributed by atoms with Crippen LogP contribution in [0.5, 0.6) is 0 Å². The fraction of sp³-hybridized carbons (Fsp3) is 0.267. The third kappa shape index (κ3) is 5.28. The Labute approximate surface area is 119 Å². The maximum Gasteiger partial charge on any atom is 0.244 e. The van der Waals surface area contributed by atoms with Gasteiger partial charge in [0, 0.05) is 0 Å². The summed E-state index contributed by atoms with van der Waals surface area (Å²) < 4.78 is 8.07. The SMILES string of the molecule is C=Cc1ccc(C[n+]2ccn(CC)c2)cc1.COCl. The first-order valence-electron chi connectivity index (χ1n) is 6.14. The van der Waals surface area contributed by atoms with E-state index in [1.165, 1.54) is 18.2 Å². The first-order chi connectivity index (χ1) is 9.23. The molecule has 0 amide bonds. The molecular weight excluding hydrogens is 260 g/mol. The number of rotatable bonds is 4.